The van der Waals surface area contributed by atoms with Gasteiger partial charge in [-0.2, -0.15) is 0 Å². The van der Waals surface area contributed by atoms with Crippen molar-refractivity contribution in [3.63, 3.8) is 0 Å². The summed E-state index contributed by atoms with van der Waals surface area (Å²) in [6.45, 7) is 8.54. The minimum absolute atomic E-state index is 0.126. The molecule has 0 aliphatic heterocycles. The zero-order valence-electron chi connectivity index (χ0n) is 13.1. The number of thioether (sulfide) groups is 1. The van der Waals surface area contributed by atoms with E-state index < -0.39 is 0 Å². The fraction of sp³-hybridized carbons (Fsp3) is 0.294. The van der Waals surface area contributed by atoms with E-state index in [2.05, 4.69) is 50.0 Å². The van der Waals surface area contributed by atoms with E-state index >= 15 is 0 Å². The molecule has 3 nitrogen and oxygen atoms in total. The number of hydrogen-bond donors (Lipinski definition) is 0. The normalized spacial score (nSPS) is 12.5. The molecule has 3 aromatic rings. The topological polar surface area (TPSA) is 38.9 Å². The van der Waals surface area contributed by atoms with Crippen LogP contribution in [0.25, 0.3) is 10.8 Å². The molecule has 0 unspecified atom stereocenters. The second-order valence-corrected chi connectivity index (χ2v) is 7.71. The number of nitrogens with zero attached hydrogens (tertiary/aromatic N) is 2. The Morgan fingerprint density at radius 1 is 1.14 bits per heavy atom. The van der Waals surface area contributed by atoms with Crippen LogP contribution < -0.4 is 0 Å². The maximum Gasteiger partial charge on any atom is 0.257 e. The van der Waals surface area contributed by atoms with Gasteiger partial charge in [-0.1, -0.05) is 23.8 Å². The zero-order chi connectivity index (χ0) is 15.7. The van der Waals surface area contributed by atoms with Crippen molar-refractivity contribution < 1.29 is 4.42 Å². The SMILES string of the molecule is Cc1cc(C)c(S[C@@H](C)c2nnc(-c3cccs3)o2)c(C)c1. The van der Waals surface area contributed by atoms with Crippen molar-refractivity contribution in [3.05, 3.63) is 52.2 Å². The Balaban J connectivity index is 1.82. The van der Waals surface area contributed by atoms with Gasteiger partial charge in [-0.15, -0.1) is 33.3 Å². The third-order valence-electron chi connectivity index (χ3n) is 3.42. The van der Waals surface area contributed by atoms with Crippen LogP contribution in [0.1, 0.15) is 34.8 Å². The van der Waals surface area contributed by atoms with Gasteiger partial charge < -0.3 is 4.42 Å². The predicted molar refractivity (Wildman–Crippen MR) is 92.5 cm³/mol. The fourth-order valence-electron chi connectivity index (χ4n) is 2.48. The molecular weight excluding hydrogens is 312 g/mol. The van der Waals surface area contributed by atoms with E-state index in [1.165, 1.54) is 21.6 Å². The van der Waals surface area contributed by atoms with Crippen LogP contribution in [0.2, 0.25) is 0 Å². The molecular formula is C17H18N2OS2. The Kier molecular flexibility index (Phi) is 4.36. The largest absolute Gasteiger partial charge is 0.419 e. The molecule has 0 radical (unpaired) electrons. The summed E-state index contributed by atoms with van der Waals surface area (Å²) < 4.78 is 5.83. The van der Waals surface area contributed by atoms with Gasteiger partial charge in [0, 0.05) is 4.90 Å². The molecule has 0 spiro atoms. The summed E-state index contributed by atoms with van der Waals surface area (Å²) in [5.41, 5.74) is 3.89. The van der Waals surface area contributed by atoms with Crippen molar-refractivity contribution in [1.82, 2.24) is 10.2 Å². The molecule has 0 bridgehead atoms. The van der Waals surface area contributed by atoms with Gasteiger partial charge in [0.2, 0.25) is 5.89 Å². The Hall–Kier alpha value is -1.59. The molecule has 0 saturated carbocycles. The first-order valence-electron chi connectivity index (χ1n) is 7.16. The third-order valence-corrected chi connectivity index (χ3v) is 5.71. The van der Waals surface area contributed by atoms with Crippen molar-refractivity contribution in [1.29, 1.82) is 0 Å². The van der Waals surface area contributed by atoms with Crippen LogP contribution in [-0.4, -0.2) is 10.2 Å². The summed E-state index contributed by atoms with van der Waals surface area (Å²) in [4.78, 5) is 2.31. The van der Waals surface area contributed by atoms with E-state index in [1.54, 1.807) is 23.1 Å². The number of aromatic nitrogens is 2. The van der Waals surface area contributed by atoms with E-state index in [9.17, 15) is 0 Å². The molecule has 2 heterocycles. The highest BCUT2D eigenvalue weighted by molar-refractivity contribution is 7.99. The molecule has 1 atom stereocenters. The minimum atomic E-state index is 0.126. The first-order chi connectivity index (χ1) is 10.5. The number of hydrogen-bond acceptors (Lipinski definition) is 5. The van der Waals surface area contributed by atoms with Crippen LogP contribution in [0.15, 0.2) is 39.0 Å². The van der Waals surface area contributed by atoms with Crippen molar-refractivity contribution in [2.45, 2.75) is 37.8 Å². The van der Waals surface area contributed by atoms with Crippen LogP contribution in [0.4, 0.5) is 0 Å². The second kappa shape index (κ2) is 6.26. The second-order valence-electron chi connectivity index (χ2n) is 5.41. The molecule has 0 N–H and O–H groups in total. The lowest BCUT2D eigenvalue weighted by Gasteiger charge is -2.13. The van der Waals surface area contributed by atoms with E-state index in [4.69, 9.17) is 4.42 Å². The van der Waals surface area contributed by atoms with Crippen LogP contribution in [-0.2, 0) is 0 Å². The van der Waals surface area contributed by atoms with Crippen molar-refractivity contribution in [2.75, 3.05) is 0 Å². The first kappa shape index (κ1) is 15.3. The summed E-state index contributed by atoms with van der Waals surface area (Å²) in [6.07, 6.45) is 0. The maximum absolute atomic E-state index is 5.83. The predicted octanol–water partition coefficient (Wildman–Crippen LogP) is 5.58. The van der Waals surface area contributed by atoms with Crippen LogP contribution >= 0.6 is 23.1 Å². The molecule has 0 saturated heterocycles. The van der Waals surface area contributed by atoms with Gasteiger partial charge in [0.15, 0.2) is 0 Å². The summed E-state index contributed by atoms with van der Waals surface area (Å²) in [5.74, 6) is 1.28. The zero-order valence-corrected chi connectivity index (χ0v) is 14.7. The fourth-order valence-corrected chi connectivity index (χ4v) is 4.16. The van der Waals surface area contributed by atoms with Gasteiger partial charge >= 0.3 is 0 Å². The number of aryl methyl sites for hydroxylation is 3. The van der Waals surface area contributed by atoms with E-state index in [-0.39, 0.29) is 5.25 Å². The van der Waals surface area contributed by atoms with Gasteiger partial charge in [-0.3, -0.25) is 0 Å². The molecule has 5 heteroatoms. The molecule has 2 aromatic heterocycles. The van der Waals surface area contributed by atoms with Gasteiger partial charge in [0.25, 0.3) is 5.89 Å². The van der Waals surface area contributed by atoms with Crippen molar-refractivity contribution >= 4 is 23.1 Å². The molecule has 0 aliphatic rings. The standard InChI is InChI=1S/C17H18N2OS2/c1-10-8-11(2)15(12(3)9-10)22-13(4)16-18-19-17(20-16)14-6-5-7-21-14/h5-9,13H,1-4H3/t13-/m0/s1. The number of thiophene rings is 1. The summed E-state index contributed by atoms with van der Waals surface area (Å²) in [6, 6.07) is 8.41. The number of rotatable bonds is 4. The molecule has 0 fully saturated rings. The van der Waals surface area contributed by atoms with Crippen molar-refractivity contribution in [3.8, 4) is 10.8 Å². The monoisotopic (exact) mass is 330 g/mol. The average Bonchev–Trinajstić information content (AvgIpc) is 3.12. The maximum atomic E-state index is 5.83. The quantitative estimate of drug-likeness (QED) is 0.586. The van der Waals surface area contributed by atoms with Crippen LogP contribution in [0.5, 0.6) is 0 Å². The summed E-state index contributed by atoms with van der Waals surface area (Å²) in [7, 11) is 0. The highest BCUT2D eigenvalue weighted by Crippen LogP contribution is 2.39. The molecule has 114 valence electrons. The van der Waals surface area contributed by atoms with Crippen molar-refractivity contribution in [2.24, 2.45) is 0 Å². The Bertz CT molecular complexity index is 755. The molecule has 1 aromatic carbocycles. The lowest BCUT2D eigenvalue weighted by Crippen LogP contribution is -1.93. The lowest BCUT2D eigenvalue weighted by molar-refractivity contribution is 0.510. The van der Waals surface area contributed by atoms with E-state index in [1.807, 2.05) is 17.5 Å². The van der Waals surface area contributed by atoms with Gasteiger partial charge in [0.1, 0.15) is 0 Å². The van der Waals surface area contributed by atoms with Gasteiger partial charge in [-0.05, 0) is 50.3 Å². The lowest BCUT2D eigenvalue weighted by atomic mass is 10.1. The van der Waals surface area contributed by atoms with E-state index in [0.29, 0.717) is 11.8 Å². The first-order valence-corrected chi connectivity index (χ1v) is 8.92. The van der Waals surface area contributed by atoms with Crippen LogP contribution in [0, 0.1) is 20.8 Å². The average molecular weight is 330 g/mol. The molecule has 0 aliphatic carbocycles. The summed E-state index contributed by atoms with van der Waals surface area (Å²) in [5, 5.41) is 10.5. The number of benzene rings is 1. The summed E-state index contributed by atoms with van der Waals surface area (Å²) >= 11 is 3.38. The Morgan fingerprint density at radius 2 is 1.86 bits per heavy atom. The van der Waals surface area contributed by atoms with Gasteiger partial charge in [-0.25, -0.2) is 0 Å². The molecule has 22 heavy (non-hydrogen) atoms. The highest BCUT2D eigenvalue weighted by Gasteiger charge is 2.18. The smallest absolute Gasteiger partial charge is 0.257 e. The highest BCUT2D eigenvalue weighted by atomic mass is 32.2. The van der Waals surface area contributed by atoms with Gasteiger partial charge in [0.05, 0.1) is 10.1 Å². The molecule has 0 amide bonds. The van der Waals surface area contributed by atoms with Crippen LogP contribution in [0.3, 0.4) is 0 Å². The Morgan fingerprint density at radius 3 is 2.50 bits per heavy atom. The third kappa shape index (κ3) is 3.10. The molecule has 3 rings (SSSR count). The Labute approximate surface area is 138 Å². The minimum Gasteiger partial charge on any atom is -0.419 e. The van der Waals surface area contributed by atoms with E-state index in [0.717, 1.165) is 4.88 Å².